The van der Waals surface area contributed by atoms with Crippen LogP contribution in [0.2, 0.25) is 0 Å². The number of hydrogen-bond donors (Lipinski definition) is 1. The Labute approximate surface area is 99.6 Å². The monoisotopic (exact) mass is 230 g/mol. The van der Waals surface area contributed by atoms with E-state index in [1.807, 2.05) is 6.08 Å². The maximum atomic E-state index is 5.10. The van der Waals surface area contributed by atoms with Crippen molar-refractivity contribution in [3.05, 3.63) is 12.7 Å². The summed E-state index contributed by atoms with van der Waals surface area (Å²) >= 11 is 0. The van der Waals surface area contributed by atoms with Gasteiger partial charge in [-0.3, -0.25) is 4.90 Å². The zero-order valence-electron chi connectivity index (χ0n) is 10.7. The number of ether oxygens (including phenoxy) is 2. The normalized spacial score (nSPS) is 10.9. The van der Waals surface area contributed by atoms with Gasteiger partial charge in [0, 0.05) is 53.6 Å². The highest BCUT2D eigenvalue weighted by Crippen LogP contribution is 1.92. The molecule has 0 saturated heterocycles. The van der Waals surface area contributed by atoms with Gasteiger partial charge in [0.25, 0.3) is 0 Å². The number of nitrogens with zero attached hydrogens (tertiary/aromatic N) is 1. The zero-order valence-corrected chi connectivity index (χ0v) is 10.7. The molecule has 0 atom stereocenters. The highest BCUT2D eigenvalue weighted by molar-refractivity contribution is 4.70. The second kappa shape index (κ2) is 12.6. The van der Waals surface area contributed by atoms with Gasteiger partial charge in [-0.25, -0.2) is 0 Å². The van der Waals surface area contributed by atoms with Crippen LogP contribution in [0.5, 0.6) is 0 Å². The minimum Gasteiger partial charge on any atom is -0.385 e. The maximum Gasteiger partial charge on any atom is 0.0589 e. The van der Waals surface area contributed by atoms with E-state index in [-0.39, 0.29) is 0 Å². The lowest BCUT2D eigenvalue weighted by atomic mass is 10.3. The molecule has 0 rings (SSSR count). The SMILES string of the molecule is C=CCNCCN(CCCOC)CCOC. The Hall–Kier alpha value is -0.420. The number of hydrogen-bond acceptors (Lipinski definition) is 4. The molecule has 0 aliphatic heterocycles. The minimum absolute atomic E-state index is 0.786. The molecule has 0 spiro atoms. The van der Waals surface area contributed by atoms with Crippen LogP contribution in [-0.2, 0) is 9.47 Å². The summed E-state index contributed by atoms with van der Waals surface area (Å²) in [4.78, 5) is 2.39. The van der Waals surface area contributed by atoms with Gasteiger partial charge >= 0.3 is 0 Å². The molecule has 0 radical (unpaired) electrons. The van der Waals surface area contributed by atoms with E-state index in [4.69, 9.17) is 9.47 Å². The van der Waals surface area contributed by atoms with Crippen LogP contribution in [0.25, 0.3) is 0 Å². The molecule has 4 heteroatoms. The van der Waals surface area contributed by atoms with Crippen molar-refractivity contribution in [2.45, 2.75) is 6.42 Å². The number of rotatable bonds is 12. The molecular weight excluding hydrogens is 204 g/mol. The summed E-state index contributed by atoms with van der Waals surface area (Å²) in [6.45, 7) is 10.2. The van der Waals surface area contributed by atoms with Gasteiger partial charge in [0.1, 0.15) is 0 Å². The van der Waals surface area contributed by atoms with E-state index < -0.39 is 0 Å². The van der Waals surface area contributed by atoms with Crippen molar-refractivity contribution in [2.75, 3.05) is 60.2 Å². The van der Waals surface area contributed by atoms with Crippen molar-refractivity contribution in [3.8, 4) is 0 Å². The third-order valence-corrected chi connectivity index (χ3v) is 2.33. The van der Waals surface area contributed by atoms with Gasteiger partial charge in [0.05, 0.1) is 6.61 Å². The summed E-state index contributed by atoms with van der Waals surface area (Å²) in [7, 11) is 3.48. The predicted octanol–water partition coefficient (Wildman–Crippen LogP) is 0.747. The lowest BCUT2D eigenvalue weighted by Crippen LogP contribution is -2.35. The van der Waals surface area contributed by atoms with E-state index in [1.54, 1.807) is 14.2 Å². The molecule has 0 bridgehead atoms. The van der Waals surface area contributed by atoms with Crippen molar-refractivity contribution in [3.63, 3.8) is 0 Å². The van der Waals surface area contributed by atoms with Crippen LogP contribution in [0.15, 0.2) is 12.7 Å². The molecule has 96 valence electrons. The Morgan fingerprint density at radius 1 is 1.12 bits per heavy atom. The van der Waals surface area contributed by atoms with Gasteiger partial charge in [0.15, 0.2) is 0 Å². The fourth-order valence-electron chi connectivity index (χ4n) is 1.43. The zero-order chi connectivity index (χ0) is 12.1. The second-order valence-electron chi connectivity index (χ2n) is 3.67. The van der Waals surface area contributed by atoms with E-state index in [1.165, 1.54) is 0 Å². The van der Waals surface area contributed by atoms with Gasteiger partial charge in [-0.2, -0.15) is 0 Å². The summed E-state index contributed by atoms with van der Waals surface area (Å²) in [5.41, 5.74) is 0. The van der Waals surface area contributed by atoms with Gasteiger partial charge in [-0.1, -0.05) is 6.08 Å². The summed E-state index contributed by atoms with van der Waals surface area (Å²) in [6, 6.07) is 0. The van der Waals surface area contributed by atoms with Crippen LogP contribution < -0.4 is 5.32 Å². The van der Waals surface area contributed by atoms with Crippen molar-refractivity contribution in [2.24, 2.45) is 0 Å². The van der Waals surface area contributed by atoms with E-state index in [0.717, 1.165) is 52.4 Å². The Kier molecular flexibility index (Phi) is 12.3. The van der Waals surface area contributed by atoms with E-state index in [2.05, 4.69) is 16.8 Å². The summed E-state index contributed by atoms with van der Waals surface area (Å²) in [5.74, 6) is 0. The molecule has 0 heterocycles. The van der Waals surface area contributed by atoms with Gasteiger partial charge in [0.2, 0.25) is 0 Å². The van der Waals surface area contributed by atoms with E-state index in [9.17, 15) is 0 Å². The van der Waals surface area contributed by atoms with Crippen LogP contribution in [0, 0.1) is 0 Å². The summed E-state index contributed by atoms with van der Waals surface area (Å²) in [6.07, 6.45) is 2.95. The standard InChI is InChI=1S/C12H26N2O2/c1-4-6-13-7-9-14(10-12-16-3)8-5-11-15-2/h4,13H,1,5-12H2,2-3H3. The highest BCUT2D eigenvalue weighted by atomic mass is 16.5. The van der Waals surface area contributed by atoms with Gasteiger partial charge in [-0.15, -0.1) is 6.58 Å². The van der Waals surface area contributed by atoms with Gasteiger partial charge in [-0.05, 0) is 6.42 Å². The van der Waals surface area contributed by atoms with Crippen LogP contribution >= 0.6 is 0 Å². The molecule has 0 amide bonds. The molecule has 0 unspecified atom stereocenters. The first-order valence-electron chi connectivity index (χ1n) is 5.87. The quantitative estimate of drug-likeness (QED) is 0.396. The molecule has 0 aromatic heterocycles. The second-order valence-corrected chi connectivity index (χ2v) is 3.67. The first-order chi connectivity index (χ1) is 7.85. The van der Waals surface area contributed by atoms with Gasteiger partial charge < -0.3 is 14.8 Å². The number of methoxy groups -OCH3 is 2. The number of nitrogens with one attached hydrogen (secondary N) is 1. The third-order valence-electron chi connectivity index (χ3n) is 2.33. The Bertz CT molecular complexity index is 154. The lowest BCUT2D eigenvalue weighted by molar-refractivity contribution is 0.133. The molecule has 0 aromatic carbocycles. The molecule has 1 N–H and O–H groups in total. The molecular formula is C12H26N2O2. The Morgan fingerprint density at radius 3 is 2.50 bits per heavy atom. The largest absolute Gasteiger partial charge is 0.385 e. The average Bonchev–Trinajstić information content (AvgIpc) is 2.31. The molecule has 0 saturated carbocycles. The lowest BCUT2D eigenvalue weighted by Gasteiger charge is -2.21. The highest BCUT2D eigenvalue weighted by Gasteiger charge is 2.03. The van der Waals surface area contributed by atoms with Crippen molar-refractivity contribution in [1.29, 1.82) is 0 Å². The van der Waals surface area contributed by atoms with Crippen molar-refractivity contribution in [1.82, 2.24) is 10.2 Å². The van der Waals surface area contributed by atoms with Crippen LogP contribution in [0.3, 0.4) is 0 Å². The molecule has 0 fully saturated rings. The summed E-state index contributed by atoms with van der Waals surface area (Å²) in [5, 5.41) is 3.30. The average molecular weight is 230 g/mol. The predicted molar refractivity (Wildman–Crippen MR) is 67.9 cm³/mol. The minimum atomic E-state index is 0.786. The molecule has 4 nitrogen and oxygen atoms in total. The molecule has 0 aliphatic rings. The fourth-order valence-corrected chi connectivity index (χ4v) is 1.43. The van der Waals surface area contributed by atoms with Crippen molar-refractivity contribution >= 4 is 0 Å². The smallest absolute Gasteiger partial charge is 0.0589 e. The Balaban J connectivity index is 3.58. The van der Waals surface area contributed by atoms with Crippen molar-refractivity contribution < 1.29 is 9.47 Å². The Morgan fingerprint density at radius 2 is 1.88 bits per heavy atom. The first kappa shape index (κ1) is 15.6. The molecule has 16 heavy (non-hydrogen) atoms. The maximum absolute atomic E-state index is 5.10. The molecule has 0 aliphatic carbocycles. The van der Waals surface area contributed by atoms with Crippen LogP contribution in [-0.4, -0.2) is 65.1 Å². The van der Waals surface area contributed by atoms with Crippen LogP contribution in [0.4, 0.5) is 0 Å². The fraction of sp³-hybridized carbons (Fsp3) is 0.833. The summed E-state index contributed by atoms with van der Waals surface area (Å²) < 4.78 is 10.1. The first-order valence-corrected chi connectivity index (χ1v) is 5.87. The van der Waals surface area contributed by atoms with E-state index in [0.29, 0.717) is 0 Å². The molecule has 0 aromatic rings. The van der Waals surface area contributed by atoms with Crippen LogP contribution in [0.1, 0.15) is 6.42 Å². The topological polar surface area (TPSA) is 33.7 Å². The van der Waals surface area contributed by atoms with E-state index >= 15 is 0 Å². The third kappa shape index (κ3) is 10.1.